The predicted octanol–water partition coefficient (Wildman–Crippen LogP) is 1.31. The van der Waals surface area contributed by atoms with Crippen LogP contribution in [0.4, 0.5) is 0 Å². The zero-order valence-corrected chi connectivity index (χ0v) is 10.6. The molecule has 0 saturated heterocycles. The number of phenolic OH excluding ortho intramolecular Hbond substituents is 1. The Bertz CT molecular complexity index is 457. The van der Waals surface area contributed by atoms with Gasteiger partial charge < -0.3 is 15.6 Å². The van der Waals surface area contributed by atoms with Crippen molar-refractivity contribution in [1.82, 2.24) is 0 Å². The number of fused-ring (bicyclic) bond motifs is 1. The van der Waals surface area contributed by atoms with Gasteiger partial charge >= 0.3 is 5.97 Å². The molecule has 98 valence electrons. The molecule has 0 fully saturated rings. The summed E-state index contributed by atoms with van der Waals surface area (Å²) in [5.41, 5.74) is 9.10. The molecular formula is C14H19NO3. The lowest BCUT2D eigenvalue weighted by Gasteiger charge is -2.10. The number of nitrogens with two attached hydrogens (primary N) is 1. The first-order valence-electron chi connectivity index (χ1n) is 6.35. The Balaban J connectivity index is 2.13. The molecule has 0 bridgehead atoms. The molecule has 4 nitrogen and oxygen atoms in total. The average molecular weight is 249 g/mol. The van der Waals surface area contributed by atoms with Crippen LogP contribution in [0, 0.1) is 0 Å². The Morgan fingerprint density at radius 2 is 2.28 bits per heavy atom. The Hall–Kier alpha value is -1.55. The fraction of sp³-hybridized carbons (Fsp3) is 0.500. The number of carbonyl (C=O) groups is 1. The van der Waals surface area contributed by atoms with Gasteiger partial charge in [-0.1, -0.05) is 6.07 Å². The van der Waals surface area contributed by atoms with Gasteiger partial charge in [0.1, 0.15) is 5.75 Å². The first-order valence-corrected chi connectivity index (χ1v) is 6.35. The minimum absolute atomic E-state index is 0.128. The van der Waals surface area contributed by atoms with Gasteiger partial charge in [0.2, 0.25) is 0 Å². The van der Waals surface area contributed by atoms with E-state index in [-0.39, 0.29) is 17.8 Å². The van der Waals surface area contributed by atoms with E-state index in [2.05, 4.69) is 0 Å². The molecule has 0 heterocycles. The van der Waals surface area contributed by atoms with Crippen LogP contribution in [-0.4, -0.2) is 23.7 Å². The van der Waals surface area contributed by atoms with Crippen molar-refractivity contribution >= 4 is 5.97 Å². The maximum Gasteiger partial charge on any atom is 0.306 e. The summed E-state index contributed by atoms with van der Waals surface area (Å²) >= 11 is 0. The Morgan fingerprint density at radius 3 is 3.00 bits per heavy atom. The molecule has 0 aromatic heterocycles. The maximum atomic E-state index is 11.4. The van der Waals surface area contributed by atoms with Gasteiger partial charge in [0.15, 0.2) is 0 Å². The molecule has 2 rings (SSSR count). The molecule has 4 heteroatoms. The van der Waals surface area contributed by atoms with Crippen LogP contribution in [0.3, 0.4) is 0 Å². The lowest BCUT2D eigenvalue weighted by atomic mass is 9.98. The van der Waals surface area contributed by atoms with E-state index in [9.17, 15) is 9.90 Å². The quantitative estimate of drug-likeness (QED) is 0.789. The van der Waals surface area contributed by atoms with Gasteiger partial charge in [0, 0.05) is 12.5 Å². The van der Waals surface area contributed by atoms with Gasteiger partial charge in [0.25, 0.3) is 0 Å². The second kappa shape index (κ2) is 5.40. The second-order valence-corrected chi connectivity index (χ2v) is 4.67. The monoisotopic (exact) mass is 249 g/mol. The van der Waals surface area contributed by atoms with Crippen molar-refractivity contribution in [2.24, 2.45) is 5.73 Å². The standard InChI is InChI=1S/C14H19NO3/c1-2-18-14(17)6-4-11-12-8-10(15)7-9(12)3-5-13(11)16/h3,5,10,16H,2,4,6-8,15H2,1H3. The smallest absolute Gasteiger partial charge is 0.306 e. The minimum Gasteiger partial charge on any atom is -0.508 e. The van der Waals surface area contributed by atoms with Crippen molar-refractivity contribution in [1.29, 1.82) is 0 Å². The largest absolute Gasteiger partial charge is 0.508 e. The number of rotatable bonds is 4. The normalized spacial score (nSPS) is 17.6. The summed E-state index contributed by atoms with van der Waals surface area (Å²) in [5.74, 6) is 0.0314. The fourth-order valence-electron chi connectivity index (χ4n) is 2.53. The first-order chi connectivity index (χ1) is 8.61. The molecule has 0 spiro atoms. The van der Waals surface area contributed by atoms with Crippen molar-refractivity contribution in [3.05, 3.63) is 28.8 Å². The zero-order valence-electron chi connectivity index (χ0n) is 10.6. The number of benzene rings is 1. The van der Waals surface area contributed by atoms with Gasteiger partial charge in [0.05, 0.1) is 6.61 Å². The van der Waals surface area contributed by atoms with E-state index in [1.807, 2.05) is 6.07 Å². The third kappa shape index (κ3) is 2.64. The zero-order chi connectivity index (χ0) is 13.1. The highest BCUT2D eigenvalue weighted by molar-refractivity contribution is 5.70. The molecule has 0 aliphatic heterocycles. The Morgan fingerprint density at radius 1 is 1.50 bits per heavy atom. The Kier molecular flexibility index (Phi) is 3.87. The summed E-state index contributed by atoms with van der Waals surface area (Å²) in [6.45, 7) is 2.18. The molecule has 18 heavy (non-hydrogen) atoms. The van der Waals surface area contributed by atoms with Crippen molar-refractivity contribution in [3.63, 3.8) is 0 Å². The van der Waals surface area contributed by atoms with E-state index < -0.39 is 0 Å². The van der Waals surface area contributed by atoms with E-state index in [1.54, 1.807) is 13.0 Å². The van der Waals surface area contributed by atoms with Crippen molar-refractivity contribution in [3.8, 4) is 5.75 Å². The fourth-order valence-corrected chi connectivity index (χ4v) is 2.53. The summed E-state index contributed by atoms with van der Waals surface area (Å²) in [4.78, 5) is 11.4. The van der Waals surface area contributed by atoms with Crippen molar-refractivity contribution < 1.29 is 14.6 Å². The molecular weight excluding hydrogens is 230 g/mol. The third-order valence-corrected chi connectivity index (χ3v) is 3.34. The van der Waals surface area contributed by atoms with Gasteiger partial charge in [-0.3, -0.25) is 4.79 Å². The Labute approximate surface area is 107 Å². The average Bonchev–Trinajstić information content (AvgIpc) is 2.69. The highest BCUT2D eigenvalue weighted by Crippen LogP contribution is 2.31. The number of hydrogen-bond donors (Lipinski definition) is 2. The van der Waals surface area contributed by atoms with Gasteiger partial charge in [-0.05, 0) is 48.9 Å². The van der Waals surface area contributed by atoms with Crippen LogP contribution in [0.2, 0.25) is 0 Å². The molecule has 1 aliphatic rings. The summed E-state index contributed by atoms with van der Waals surface area (Å²) in [6, 6.07) is 3.74. The molecule has 0 saturated carbocycles. The number of aromatic hydroxyl groups is 1. The number of esters is 1. The number of ether oxygens (including phenoxy) is 1. The SMILES string of the molecule is CCOC(=O)CCc1c(O)ccc2c1CC(N)C2. The highest BCUT2D eigenvalue weighted by atomic mass is 16.5. The molecule has 1 aromatic carbocycles. The molecule has 1 aromatic rings. The molecule has 0 amide bonds. The van der Waals surface area contributed by atoms with Crippen LogP contribution in [0.15, 0.2) is 12.1 Å². The summed E-state index contributed by atoms with van der Waals surface area (Å²) in [6.07, 6.45) is 2.44. The molecule has 1 atom stereocenters. The van der Waals surface area contributed by atoms with Crippen LogP contribution < -0.4 is 5.73 Å². The topological polar surface area (TPSA) is 72.5 Å². The van der Waals surface area contributed by atoms with Crippen LogP contribution >= 0.6 is 0 Å². The number of phenols is 1. The van der Waals surface area contributed by atoms with E-state index in [4.69, 9.17) is 10.5 Å². The maximum absolute atomic E-state index is 11.4. The van der Waals surface area contributed by atoms with Crippen LogP contribution in [0.5, 0.6) is 5.75 Å². The van der Waals surface area contributed by atoms with E-state index >= 15 is 0 Å². The van der Waals surface area contributed by atoms with Crippen molar-refractivity contribution in [2.45, 2.75) is 38.6 Å². The molecule has 1 unspecified atom stereocenters. The molecule has 1 aliphatic carbocycles. The predicted molar refractivity (Wildman–Crippen MR) is 68.4 cm³/mol. The molecule has 0 radical (unpaired) electrons. The first kappa shape index (κ1) is 12.9. The lowest BCUT2D eigenvalue weighted by molar-refractivity contribution is -0.143. The van der Waals surface area contributed by atoms with Crippen molar-refractivity contribution in [2.75, 3.05) is 6.61 Å². The summed E-state index contributed by atoms with van der Waals surface area (Å²) in [5, 5.41) is 9.91. The molecule has 3 N–H and O–H groups in total. The summed E-state index contributed by atoms with van der Waals surface area (Å²) < 4.78 is 4.90. The van der Waals surface area contributed by atoms with E-state index in [1.165, 1.54) is 5.56 Å². The lowest BCUT2D eigenvalue weighted by Crippen LogP contribution is -2.19. The van der Waals surface area contributed by atoms with E-state index in [0.29, 0.717) is 19.4 Å². The summed E-state index contributed by atoms with van der Waals surface area (Å²) in [7, 11) is 0. The van der Waals surface area contributed by atoms with Gasteiger partial charge in [-0.25, -0.2) is 0 Å². The van der Waals surface area contributed by atoms with Crippen LogP contribution in [0.25, 0.3) is 0 Å². The minimum atomic E-state index is -0.225. The van der Waals surface area contributed by atoms with Gasteiger partial charge in [-0.2, -0.15) is 0 Å². The third-order valence-electron chi connectivity index (χ3n) is 3.34. The van der Waals surface area contributed by atoms with Crippen LogP contribution in [0.1, 0.15) is 30.0 Å². The number of hydrogen-bond acceptors (Lipinski definition) is 4. The second-order valence-electron chi connectivity index (χ2n) is 4.67. The van der Waals surface area contributed by atoms with E-state index in [0.717, 1.165) is 24.0 Å². The van der Waals surface area contributed by atoms with Crippen LogP contribution in [-0.2, 0) is 28.8 Å². The highest BCUT2D eigenvalue weighted by Gasteiger charge is 2.23. The number of carbonyl (C=O) groups excluding carboxylic acids is 1. The van der Waals surface area contributed by atoms with Gasteiger partial charge in [-0.15, -0.1) is 0 Å².